The fourth-order valence-electron chi connectivity index (χ4n) is 1.15. The molecule has 1 aromatic carbocycles. The molecule has 70 valence electrons. The first-order chi connectivity index (χ1) is 6.07. The quantitative estimate of drug-likeness (QED) is 0.748. The lowest BCUT2D eigenvalue weighted by Gasteiger charge is -2.09. The van der Waals surface area contributed by atoms with Crippen LogP contribution in [0.4, 0.5) is 0 Å². The summed E-state index contributed by atoms with van der Waals surface area (Å²) >= 11 is 11.7. The molecule has 0 saturated heterocycles. The molecule has 0 heterocycles. The van der Waals surface area contributed by atoms with Gasteiger partial charge >= 0.3 is 0 Å². The van der Waals surface area contributed by atoms with Crippen LogP contribution in [0.15, 0.2) is 18.7 Å². The second kappa shape index (κ2) is 4.03. The van der Waals surface area contributed by atoms with Crippen molar-refractivity contribution in [3.05, 3.63) is 39.9 Å². The van der Waals surface area contributed by atoms with Crippen LogP contribution in [-0.4, -0.2) is 5.11 Å². The second-order valence-corrected chi connectivity index (χ2v) is 3.60. The Balaban J connectivity index is 3.36. The van der Waals surface area contributed by atoms with Crippen LogP contribution in [0.5, 0.6) is 5.75 Å². The molecule has 0 spiro atoms. The van der Waals surface area contributed by atoms with Crippen LogP contribution in [-0.2, 0) is 6.42 Å². The molecule has 0 amide bonds. The Labute approximate surface area is 87.6 Å². The van der Waals surface area contributed by atoms with Gasteiger partial charge in [0.1, 0.15) is 5.75 Å². The average Bonchev–Trinajstić information content (AvgIpc) is 2.09. The van der Waals surface area contributed by atoms with Gasteiger partial charge in [-0.3, -0.25) is 0 Å². The van der Waals surface area contributed by atoms with Gasteiger partial charge in [0.2, 0.25) is 0 Å². The van der Waals surface area contributed by atoms with E-state index in [2.05, 4.69) is 6.58 Å². The molecule has 0 atom stereocenters. The van der Waals surface area contributed by atoms with Gasteiger partial charge in [-0.25, -0.2) is 0 Å². The zero-order valence-corrected chi connectivity index (χ0v) is 8.78. The summed E-state index contributed by atoms with van der Waals surface area (Å²) in [6, 6.07) is 1.54. The number of hydrogen-bond donors (Lipinski definition) is 1. The number of halogens is 2. The Morgan fingerprint density at radius 1 is 1.46 bits per heavy atom. The molecule has 0 fully saturated rings. The highest BCUT2D eigenvalue weighted by molar-refractivity contribution is 6.36. The molecule has 0 aliphatic carbocycles. The summed E-state index contributed by atoms with van der Waals surface area (Å²) < 4.78 is 0. The number of phenolic OH excluding ortho intramolecular Hbond substituents is 1. The van der Waals surface area contributed by atoms with Crippen LogP contribution in [0.25, 0.3) is 0 Å². The van der Waals surface area contributed by atoms with E-state index in [0.29, 0.717) is 11.4 Å². The normalized spacial score (nSPS) is 10.1. The number of rotatable bonds is 2. The summed E-state index contributed by atoms with van der Waals surface area (Å²) in [5.41, 5.74) is 1.59. The third-order valence-electron chi connectivity index (χ3n) is 1.92. The molecule has 1 rings (SSSR count). The first-order valence-corrected chi connectivity index (χ1v) is 4.60. The molecule has 3 heteroatoms. The van der Waals surface area contributed by atoms with Crippen molar-refractivity contribution in [3.8, 4) is 5.75 Å². The molecular formula is C10H10Cl2O. The van der Waals surface area contributed by atoms with Crippen molar-refractivity contribution in [2.75, 3.05) is 0 Å². The van der Waals surface area contributed by atoms with Crippen LogP contribution in [0.3, 0.4) is 0 Å². The number of allylic oxidation sites excluding steroid dienone is 1. The van der Waals surface area contributed by atoms with Gasteiger partial charge in [0.05, 0.1) is 5.02 Å². The van der Waals surface area contributed by atoms with E-state index in [1.165, 1.54) is 0 Å². The van der Waals surface area contributed by atoms with E-state index in [9.17, 15) is 5.11 Å². The lowest BCUT2D eigenvalue weighted by Crippen LogP contribution is -1.90. The van der Waals surface area contributed by atoms with Crippen LogP contribution >= 0.6 is 23.2 Å². The van der Waals surface area contributed by atoms with Gasteiger partial charge in [0.25, 0.3) is 0 Å². The molecule has 0 aromatic heterocycles. The van der Waals surface area contributed by atoms with E-state index in [4.69, 9.17) is 23.2 Å². The van der Waals surface area contributed by atoms with E-state index in [0.717, 1.165) is 11.1 Å². The first-order valence-electron chi connectivity index (χ1n) is 3.85. The molecule has 0 unspecified atom stereocenters. The van der Waals surface area contributed by atoms with Crippen LogP contribution in [0.2, 0.25) is 10.0 Å². The standard InChI is InChI=1S/C10H10Cl2O/c1-3-4-7-6(2)8(11)5-9(12)10(7)13/h3,5,13H,1,4H2,2H3. The van der Waals surface area contributed by atoms with Crippen molar-refractivity contribution in [2.45, 2.75) is 13.3 Å². The molecule has 0 aliphatic rings. The Morgan fingerprint density at radius 2 is 2.08 bits per heavy atom. The Hall–Kier alpha value is -0.660. The number of benzene rings is 1. The monoisotopic (exact) mass is 216 g/mol. The summed E-state index contributed by atoms with van der Waals surface area (Å²) in [5.74, 6) is 0.100. The zero-order chi connectivity index (χ0) is 10.0. The third-order valence-corrected chi connectivity index (χ3v) is 2.61. The minimum atomic E-state index is 0.100. The Kier molecular flexibility index (Phi) is 3.23. The molecule has 13 heavy (non-hydrogen) atoms. The predicted molar refractivity (Wildman–Crippen MR) is 56.8 cm³/mol. The lowest BCUT2D eigenvalue weighted by molar-refractivity contribution is 0.469. The van der Waals surface area contributed by atoms with Gasteiger partial charge in [0, 0.05) is 10.6 Å². The predicted octanol–water partition coefficient (Wildman–Crippen LogP) is 3.74. The molecular weight excluding hydrogens is 207 g/mol. The van der Waals surface area contributed by atoms with Crippen molar-refractivity contribution in [3.63, 3.8) is 0 Å². The van der Waals surface area contributed by atoms with Crippen LogP contribution in [0, 0.1) is 6.92 Å². The van der Waals surface area contributed by atoms with Crippen molar-refractivity contribution < 1.29 is 5.11 Å². The van der Waals surface area contributed by atoms with Crippen LogP contribution in [0.1, 0.15) is 11.1 Å². The van der Waals surface area contributed by atoms with Crippen molar-refractivity contribution in [2.24, 2.45) is 0 Å². The highest BCUT2D eigenvalue weighted by atomic mass is 35.5. The fraction of sp³-hybridized carbons (Fsp3) is 0.200. The average molecular weight is 217 g/mol. The minimum Gasteiger partial charge on any atom is -0.506 e. The molecule has 1 nitrogen and oxygen atoms in total. The molecule has 1 aromatic rings. The van der Waals surface area contributed by atoms with Crippen molar-refractivity contribution >= 4 is 23.2 Å². The van der Waals surface area contributed by atoms with E-state index in [1.54, 1.807) is 12.1 Å². The molecule has 0 bridgehead atoms. The summed E-state index contributed by atoms with van der Waals surface area (Å²) in [5, 5.41) is 10.4. The van der Waals surface area contributed by atoms with Gasteiger partial charge in [-0.1, -0.05) is 29.3 Å². The Morgan fingerprint density at radius 3 is 2.62 bits per heavy atom. The van der Waals surface area contributed by atoms with Crippen LogP contribution < -0.4 is 0 Å². The minimum absolute atomic E-state index is 0.100. The topological polar surface area (TPSA) is 20.2 Å². The number of hydrogen-bond acceptors (Lipinski definition) is 1. The van der Waals surface area contributed by atoms with E-state index in [1.807, 2.05) is 6.92 Å². The maximum atomic E-state index is 9.60. The highest BCUT2D eigenvalue weighted by Crippen LogP contribution is 2.35. The fourth-order valence-corrected chi connectivity index (χ4v) is 1.65. The number of phenols is 1. The van der Waals surface area contributed by atoms with Crippen molar-refractivity contribution in [1.82, 2.24) is 0 Å². The van der Waals surface area contributed by atoms with Gasteiger partial charge in [0.15, 0.2) is 0 Å². The smallest absolute Gasteiger partial charge is 0.138 e. The largest absolute Gasteiger partial charge is 0.506 e. The maximum Gasteiger partial charge on any atom is 0.138 e. The van der Waals surface area contributed by atoms with Crippen molar-refractivity contribution in [1.29, 1.82) is 0 Å². The molecule has 0 saturated carbocycles. The number of aromatic hydroxyl groups is 1. The van der Waals surface area contributed by atoms with Gasteiger partial charge < -0.3 is 5.11 Å². The highest BCUT2D eigenvalue weighted by Gasteiger charge is 2.11. The van der Waals surface area contributed by atoms with E-state index >= 15 is 0 Å². The third kappa shape index (κ3) is 1.98. The lowest BCUT2D eigenvalue weighted by atomic mass is 10.0. The summed E-state index contributed by atoms with van der Waals surface area (Å²) in [4.78, 5) is 0. The molecule has 0 radical (unpaired) electrons. The molecule has 0 aliphatic heterocycles. The van der Waals surface area contributed by atoms with Gasteiger partial charge in [-0.05, 0) is 25.0 Å². The summed E-state index contributed by atoms with van der Waals surface area (Å²) in [7, 11) is 0. The van der Waals surface area contributed by atoms with Gasteiger partial charge in [-0.15, -0.1) is 6.58 Å². The maximum absolute atomic E-state index is 9.60. The second-order valence-electron chi connectivity index (χ2n) is 2.79. The molecule has 1 N–H and O–H groups in total. The van der Waals surface area contributed by atoms with E-state index < -0.39 is 0 Å². The van der Waals surface area contributed by atoms with E-state index in [-0.39, 0.29) is 10.8 Å². The summed E-state index contributed by atoms with van der Waals surface area (Å²) in [6.45, 7) is 5.44. The van der Waals surface area contributed by atoms with Gasteiger partial charge in [-0.2, -0.15) is 0 Å². The first kappa shape index (κ1) is 10.4. The SMILES string of the molecule is C=CCc1c(C)c(Cl)cc(Cl)c1O. The Bertz CT molecular complexity index is 319. The zero-order valence-electron chi connectivity index (χ0n) is 7.27. The summed E-state index contributed by atoms with van der Waals surface area (Å²) in [6.07, 6.45) is 2.27.